The third-order valence-electron chi connectivity index (χ3n) is 9.59. The van der Waals surface area contributed by atoms with Gasteiger partial charge in [-0.1, -0.05) is 30.3 Å². The van der Waals surface area contributed by atoms with Gasteiger partial charge < -0.3 is 19.5 Å². The molecule has 7 nitrogen and oxygen atoms in total. The van der Waals surface area contributed by atoms with Crippen molar-refractivity contribution in [2.45, 2.75) is 51.7 Å². The van der Waals surface area contributed by atoms with Crippen molar-refractivity contribution in [1.29, 1.82) is 0 Å². The van der Waals surface area contributed by atoms with Crippen LogP contribution in [0, 0.1) is 18.3 Å². The first-order chi connectivity index (χ1) is 19.5. The summed E-state index contributed by atoms with van der Waals surface area (Å²) in [5.41, 5.74) is 6.65. The van der Waals surface area contributed by atoms with Gasteiger partial charge in [-0.3, -0.25) is 9.69 Å². The summed E-state index contributed by atoms with van der Waals surface area (Å²) in [6.07, 6.45) is 4.81. The molecule has 1 saturated carbocycles. The summed E-state index contributed by atoms with van der Waals surface area (Å²) in [4.78, 5) is 21.5. The molecule has 0 bridgehead atoms. The zero-order valence-corrected chi connectivity index (χ0v) is 23.9. The van der Waals surface area contributed by atoms with Crippen molar-refractivity contribution in [1.82, 2.24) is 9.88 Å². The van der Waals surface area contributed by atoms with Crippen molar-refractivity contribution in [2.75, 3.05) is 44.3 Å². The maximum atomic E-state index is 11.7. The lowest BCUT2D eigenvalue weighted by Gasteiger charge is -2.29. The van der Waals surface area contributed by atoms with Gasteiger partial charge in [0.1, 0.15) is 12.4 Å². The number of carboxylic acid groups (broad SMARTS) is 1. The fourth-order valence-electron chi connectivity index (χ4n) is 6.96. The van der Waals surface area contributed by atoms with Gasteiger partial charge in [0.25, 0.3) is 0 Å². The van der Waals surface area contributed by atoms with E-state index in [0.717, 1.165) is 92.8 Å². The number of benzene rings is 2. The minimum absolute atomic E-state index is 0.240. The molecule has 3 aromatic rings. The monoisotopic (exact) mass is 559 g/mol. The standard InChI is InChI=1S/C32H37N3O4S/c1-21-3-2-4-27(28-20-40-31(33-28)35-13-10-32(30(36)37)16-25(32)17-35)29(21)39-18-22-5-6-23-7-11-34(12-8-24(23)15-22)26-9-14-38-19-26/h2-6,15,20,25-26H,7-14,16-19H2,1H3,(H,36,37)/t25-,26?,32+/m0/s1. The number of aliphatic carboxylic acids is 1. The molecule has 4 heterocycles. The van der Waals surface area contributed by atoms with Gasteiger partial charge in [-0.25, -0.2) is 4.98 Å². The Balaban J connectivity index is 1.04. The van der Waals surface area contributed by atoms with Crippen LogP contribution in [0.25, 0.3) is 11.3 Å². The maximum absolute atomic E-state index is 11.7. The summed E-state index contributed by atoms with van der Waals surface area (Å²) < 4.78 is 12.1. The van der Waals surface area contributed by atoms with Gasteiger partial charge in [-0.2, -0.15) is 0 Å². The van der Waals surface area contributed by atoms with E-state index in [0.29, 0.717) is 19.1 Å². The van der Waals surface area contributed by atoms with Crippen LogP contribution in [0.4, 0.5) is 5.13 Å². The van der Waals surface area contributed by atoms with E-state index >= 15 is 0 Å². The van der Waals surface area contributed by atoms with Gasteiger partial charge in [0.15, 0.2) is 5.13 Å². The first-order valence-corrected chi connectivity index (χ1v) is 15.5. The number of hydrogen-bond donors (Lipinski definition) is 1. The number of nitrogens with zero attached hydrogens (tertiary/aromatic N) is 3. The summed E-state index contributed by atoms with van der Waals surface area (Å²) in [6.45, 7) is 8.11. The van der Waals surface area contributed by atoms with Crippen LogP contribution < -0.4 is 9.64 Å². The normalized spacial score (nSPS) is 26.2. The zero-order chi connectivity index (χ0) is 27.3. The first-order valence-electron chi connectivity index (χ1n) is 14.6. The number of piperidine rings is 1. The van der Waals surface area contributed by atoms with Gasteiger partial charge in [0, 0.05) is 49.8 Å². The molecule has 210 valence electrons. The van der Waals surface area contributed by atoms with E-state index in [1.165, 1.54) is 16.7 Å². The molecule has 1 aliphatic carbocycles. The van der Waals surface area contributed by atoms with Crippen molar-refractivity contribution in [3.63, 3.8) is 0 Å². The molecule has 3 aliphatic heterocycles. The third kappa shape index (κ3) is 4.80. The molecule has 3 atom stereocenters. The van der Waals surface area contributed by atoms with Gasteiger partial charge in [0.2, 0.25) is 0 Å². The Morgan fingerprint density at radius 2 is 2.08 bits per heavy atom. The number of thiazole rings is 1. The number of para-hydroxylation sites is 1. The second-order valence-corrected chi connectivity index (χ2v) is 12.8. The molecule has 0 spiro atoms. The van der Waals surface area contributed by atoms with E-state index in [4.69, 9.17) is 14.5 Å². The van der Waals surface area contributed by atoms with Crippen molar-refractivity contribution < 1.29 is 19.4 Å². The van der Waals surface area contributed by atoms with Crippen LogP contribution in [0.5, 0.6) is 5.75 Å². The number of carboxylic acids is 1. The number of rotatable bonds is 7. The minimum Gasteiger partial charge on any atom is -0.488 e. The van der Waals surface area contributed by atoms with Gasteiger partial charge >= 0.3 is 5.97 Å². The lowest BCUT2D eigenvalue weighted by molar-refractivity contribution is -0.144. The number of carbonyl (C=O) groups is 1. The molecule has 0 amide bonds. The SMILES string of the molecule is Cc1cccc(-c2csc(N3CC[C@@]4(C(=O)O)C[C@H]4C3)n2)c1OCc1ccc2c(c1)CCN(C1CCOC1)CC2. The Hall–Kier alpha value is -2.94. The van der Waals surface area contributed by atoms with Crippen molar-refractivity contribution in [2.24, 2.45) is 11.3 Å². The van der Waals surface area contributed by atoms with Gasteiger partial charge in [0.05, 0.1) is 17.7 Å². The van der Waals surface area contributed by atoms with Crippen LogP contribution in [0.2, 0.25) is 0 Å². The van der Waals surface area contributed by atoms with Crippen LogP contribution in [-0.4, -0.2) is 66.4 Å². The maximum Gasteiger partial charge on any atom is 0.310 e. The van der Waals surface area contributed by atoms with Crippen molar-refractivity contribution >= 4 is 22.4 Å². The van der Waals surface area contributed by atoms with Crippen LogP contribution >= 0.6 is 11.3 Å². The third-order valence-corrected chi connectivity index (χ3v) is 10.5. The van der Waals surface area contributed by atoms with E-state index in [-0.39, 0.29) is 5.92 Å². The molecule has 1 aromatic heterocycles. The molecular weight excluding hydrogens is 522 g/mol. The van der Waals surface area contributed by atoms with E-state index < -0.39 is 11.4 Å². The molecule has 2 aromatic carbocycles. The fraction of sp³-hybridized carbons (Fsp3) is 0.500. The molecule has 7 rings (SSSR count). The smallest absolute Gasteiger partial charge is 0.310 e. The molecular formula is C32H37N3O4S. The highest BCUT2D eigenvalue weighted by Crippen LogP contribution is 2.58. The summed E-state index contributed by atoms with van der Waals surface area (Å²) >= 11 is 1.63. The summed E-state index contributed by atoms with van der Waals surface area (Å²) in [6, 6.07) is 13.7. The minimum atomic E-state index is -0.630. The van der Waals surface area contributed by atoms with E-state index in [2.05, 4.69) is 58.5 Å². The van der Waals surface area contributed by atoms with Gasteiger partial charge in [-0.15, -0.1) is 11.3 Å². The van der Waals surface area contributed by atoms with Crippen LogP contribution in [-0.2, 0) is 29.0 Å². The largest absolute Gasteiger partial charge is 0.488 e. The molecule has 3 fully saturated rings. The lowest BCUT2D eigenvalue weighted by Crippen LogP contribution is -2.37. The number of anilines is 1. The van der Waals surface area contributed by atoms with Crippen molar-refractivity contribution in [3.05, 3.63) is 64.0 Å². The zero-order valence-electron chi connectivity index (χ0n) is 23.1. The average Bonchev–Trinajstić information content (AvgIpc) is 3.24. The van der Waals surface area contributed by atoms with Crippen LogP contribution in [0.15, 0.2) is 41.8 Å². The molecule has 1 unspecified atom stereocenters. The number of aromatic nitrogens is 1. The first kappa shape index (κ1) is 26.0. The van der Waals surface area contributed by atoms with Crippen LogP contribution in [0.1, 0.15) is 41.5 Å². The summed E-state index contributed by atoms with van der Waals surface area (Å²) in [7, 11) is 0. The number of hydrogen-bond acceptors (Lipinski definition) is 7. The predicted octanol–water partition coefficient (Wildman–Crippen LogP) is 5.19. The fourth-order valence-corrected chi connectivity index (χ4v) is 7.82. The summed E-state index contributed by atoms with van der Waals surface area (Å²) in [5, 5.41) is 12.7. The Labute approximate surface area is 239 Å². The quantitative estimate of drug-likeness (QED) is 0.427. The highest BCUT2D eigenvalue weighted by Gasteiger charge is 2.62. The predicted molar refractivity (Wildman–Crippen MR) is 156 cm³/mol. The number of aryl methyl sites for hydroxylation is 1. The van der Waals surface area contributed by atoms with Crippen molar-refractivity contribution in [3.8, 4) is 17.0 Å². The number of ether oxygens (including phenoxy) is 2. The van der Waals surface area contributed by atoms with E-state index in [9.17, 15) is 9.90 Å². The van der Waals surface area contributed by atoms with Crippen LogP contribution in [0.3, 0.4) is 0 Å². The van der Waals surface area contributed by atoms with E-state index in [1.807, 2.05) is 0 Å². The second-order valence-electron chi connectivity index (χ2n) is 12.0. The van der Waals surface area contributed by atoms with E-state index in [1.54, 1.807) is 11.3 Å². The molecule has 0 radical (unpaired) electrons. The van der Waals surface area contributed by atoms with Gasteiger partial charge in [-0.05, 0) is 73.3 Å². The highest BCUT2D eigenvalue weighted by molar-refractivity contribution is 7.14. The Bertz CT molecular complexity index is 1420. The second kappa shape index (κ2) is 10.5. The molecule has 1 N–H and O–H groups in total. The highest BCUT2D eigenvalue weighted by atomic mass is 32.1. The summed E-state index contributed by atoms with van der Waals surface area (Å²) in [5.74, 6) is 0.492. The molecule has 2 saturated heterocycles. The average molecular weight is 560 g/mol. The molecule has 4 aliphatic rings. The number of fused-ring (bicyclic) bond motifs is 2. The Kier molecular flexibility index (Phi) is 6.80. The molecule has 8 heteroatoms. The molecule has 40 heavy (non-hydrogen) atoms. The Morgan fingerprint density at radius 1 is 1.20 bits per heavy atom. The lowest BCUT2D eigenvalue weighted by atomic mass is 9.96. The topological polar surface area (TPSA) is 75.1 Å². The Morgan fingerprint density at radius 3 is 2.88 bits per heavy atom.